The summed E-state index contributed by atoms with van der Waals surface area (Å²) in [5.41, 5.74) is 0.329. The minimum atomic E-state index is -1.24. The first-order valence-corrected chi connectivity index (χ1v) is 13.8. The summed E-state index contributed by atoms with van der Waals surface area (Å²) in [7, 11) is 0. The SMILES string of the molecule is C[C@@]1(COC(=O)NC(=O)CCl)S[C@@H]2[C@H](NC(=O)COc3ccccc3)C(=O)N2[C@H]1C(=O)OCc1ccc([N+](=O)[O-])cc1. The minimum absolute atomic E-state index is 0.135. The number of ether oxygens (including phenoxy) is 3. The third-order valence-corrected chi connectivity index (χ3v) is 8.22. The van der Waals surface area contributed by atoms with E-state index < -0.39 is 69.4 Å². The molecule has 222 valence electrons. The Labute approximate surface area is 248 Å². The molecule has 0 aromatic heterocycles. The number of halogens is 1. The van der Waals surface area contributed by atoms with Crippen LogP contribution in [0.2, 0.25) is 0 Å². The van der Waals surface area contributed by atoms with Gasteiger partial charge in [-0.1, -0.05) is 18.2 Å². The van der Waals surface area contributed by atoms with Gasteiger partial charge in [0.2, 0.25) is 11.8 Å². The Kier molecular flexibility index (Phi) is 9.52. The van der Waals surface area contributed by atoms with Gasteiger partial charge in [-0.2, -0.15) is 0 Å². The van der Waals surface area contributed by atoms with Gasteiger partial charge in [-0.05, 0) is 36.8 Å². The third-order valence-electron chi connectivity index (χ3n) is 6.36. The predicted molar refractivity (Wildman–Crippen MR) is 147 cm³/mol. The van der Waals surface area contributed by atoms with Crippen molar-refractivity contribution in [2.75, 3.05) is 19.1 Å². The number of esters is 1. The second kappa shape index (κ2) is 13.1. The van der Waals surface area contributed by atoms with Gasteiger partial charge in [0.1, 0.15) is 42.3 Å². The molecule has 0 unspecified atom stereocenters. The molecule has 0 radical (unpaired) electrons. The number of fused-ring (bicyclic) bond motifs is 1. The fraction of sp³-hybridized carbons (Fsp3) is 0.346. The lowest BCUT2D eigenvalue weighted by molar-refractivity contribution is -0.384. The number of carbonyl (C=O) groups is 5. The van der Waals surface area contributed by atoms with Crippen molar-refractivity contribution in [3.8, 4) is 5.75 Å². The van der Waals surface area contributed by atoms with Gasteiger partial charge in [0.05, 0.1) is 9.67 Å². The smallest absolute Gasteiger partial charge is 0.413 e. The van der Waals surface area contributed by atoms with Crippen LogP contribution in [0.25, 0.3) is 0 Å². The summed E-state index contributed by atoms with van der Waals surface area (Å²) in [6, 6.07) is 11.8. The molecule has 42 heavy (non-hydrogen) atoms. The molecule has 2 aromatic rings. The van der Waals surface area contributed by atoms with Crippen LogP contribution in [-0.2, 0) is 35.3 Å². The molecular weight excluding hydrogens is 596 g/mol. The maximum Gasteiger partial charge on any atom is 0.413 e. The fourth-order valence-corrected chi connectivity index (χ4v) is 6.09. The Hall–Kier alpha value is -4.37. The molecule has 2 heterocycles. The molecule has 0 bridgehead atoms. The number of rotatable bonds is 11. The number of amides is 4. The molecule has 2 aromatic carbocycles. The van der Waals surface area contributed by atoms with E-state index in [-0.39, 0.29) is 18.9 Å². The van der Waals surface area contributed by atoms with E-state index in [1.165, 1.54) is 29.2 Å². The third kappa shape index (κ3) is 6.91. The van der Waals surface area contributed by atoms with Gasteiger partial charge in [-0.3, -0.25) is 29.8 Å². The highest BCUT2D eigenvalue weighted by molar-refractivity contribution is 8.01. The number of non-ortho nitro benzene ring substituents is 1. The molecule has 4 rings (SSSR count). The number of benzene rings is 2. The van der Waals surface area contributed by atoms with Crippen LogP contribution >= 0.6 is 23.4 Å². The van der Waals surface area contributed by atoms with E-state index in [1.54, 1.807) is 37.3 Å². The Morgan fingerprint density at radius 1 is 1.07 bits per heavy atom. The van der Waals surface area contributed by atoms with Crippen LogP contribution in [0.4, 0.5) is 10.5 Å². The second-order valence-electron chi connectivity index (χ2n) is 9.41. The Bertz CT molecular complexity index is 1380. The quantitative estimate of drug-likeness (QED) is 0.123. The van der Waals surface area contributed by atoms with Crippen LogP contribution in [-0.4, -0.2) is 80.9 Å². The van der Waals surface area contributed by atoms with Crippen molar-refractivity contribution in [3.05, 3.63) is 70.3 Å². The number of nitrogens with zero attached hydrogens (tertiary/aromatic N) is 2. The van der Waals surface area contributed by atoms with Gasteiger partial charge in [0.25, 0.3) is 11.6 Å². The molecule has 2 aliphatic heterocycles. The number of thioether (sulfide) groups is 1. The number of hydrogen-bond donors (Lipinski definition) is 2. The Morgan fingerprint density at radius 2 is 1.76 bits per heavy atom. The van der Waals surface area contributed by atoms with Crippen molar-refractivity contribution in [1.29, 1.82) is 0 Å². The van der Waals surface area contributed by atoms with Crippen molar-refractivity contribution in [2.45, 2.75) is 35.7 Å². The topological polar surface area (TPSA) is 183 Å². The monoisotopic (exact) mass is 620 g/mol. The van der Waals surface area contributed by atoms with Gasteiger partial charge < -0.3 is 24.4 Å². The molecule has 0 aliphatic carbocycles. The number of carbonyl (C=O) groups excluding carboxylic acids is 5. The number of nitro groups is 1. The summed E-state index contributed by atoms with van der Waals surface area (Å²) in [5.74, 6) is -2.72. The van der Waals surface area contributed by atoms with E-state index >= 15 is 0 Å². The molecule has 2 fully saturated rings. The Morgan fingerprint density at radius 3 is 2.40 bits per heavy atom. The molecule has 16 heteroatoms. The molecule has 2 aliphatic rings. The van der Waals surface area contributed by atoms with Crippen molar-refractivity contribution in [3.63, 3.8) is 0 Å². The first kappa shape index (κ1) is 30.6. The van der Waals surface area contributed by atoms with Crippen LogP contribution < -0.4 is 15.4 Å². The number of hydrogen-bond acceptors (Lipinski definition) is 11. The number of imide groups is 1. The van der Waals surface area contributed by atoms with Crippen LogP contribution in [0.3, 0.4) is 0 Å². The number of alkyl halides is 1. The van der Waals surface area contributed by atoms with Crippen LogP contribution in [0.5, 0.6) is 5.75 Å². The minimum Gasteiger partial charge on any atom is -0.484 e. The number of nitrogens with one attached hydrogen (secondary N) is 2. The summed E-state index contributed by atoms with van der Waals surface area (Å²) < 4.78 is 14.8. The van der Waals surface area contributed by atoms with E-state index in [0.29, 0.717) is 11.3 Å². The van der Waals surface area contributed by atoms with E-state index in [4.69, 9.17) is 25.8 Å². The summed E-state index contributed by atoms with van der Waals surface area (Å²) in [4.78, 5) is 74.1. The Balaban J connectivity index is 1.44. The highest BCUT2D eigenvalue weighted by Gasteiger charge is 2.66. The molecule has 0 saturated carbocycles. The zero-order valence-corrected chi connectivity index (χ0v) is 23.6. The highest BCUT2D eigenvalue weighted by atomic mass is 35.5. The van der Waals surface area contributed by atoms with Gasteiger partial charge >= 0.3 is 12.1 Å². The normalized spacial score (nSPS) is 22.3. The van der Waals surface area contributed by atoms with E-state index in [0.717, 1.165) is 11.8 Å². The molecular formula is C26H25ClN4O10S. The van der Waals surface area contributed by atoms with Crippen molar-refractivity contribution >= 4 is 58.8 Å². The lowest BCUT2D eigenvalue weighted by atomic mass is 9.95. The predicted octanol–water partition coefficient (Wildman–Crippen LogP) is 1.74. The summed E-state index contributed by atoms with van der Waals surface area (Å²) in [6.07, 6.45) is -1.09. The number of para-hydroxylation sites is 1. The van der Waals surface area contributed by atoms with Crippen molar-refractivity contribution in [1.82, 2.24) is 15.5 Å². The maximum absolute atomic E-state index is 13.3. The van der Waals surface area contributed by atoms with E-state index in [2.05, 4.69) is 5.32 Å². The fourth-order valence-electron chi connectivity index (χ4n) is 4.35. The summed E-state index contributed by atoms with van der Waals surface area (Å²) in [6.45, 7) is 0.577. The first-order valence-electron chi connectivity index (χ1n) is 12.4. The van der Waals surface area contributed by atoms with Gasteiger partial charge in [0, 0.05) is 12.1 Å². The largest absolute Gasteiger partial charge is 0.484 e. The van der Waals surface area contributed by atoms with Gasteiger partial charge in [0.15, 0.2) is 6.61 Å². The standard InChI is InChI=1S/C26H25ClN4O10S/c1-26(14-41-25(36)29-18(32)11-27)21(24(35)40-12-15-7-9-16(10-8-15)31(37)38)30-22(34)20(23(30)42-26)28-19(33)13-39-17-5-3-2-4-6-17/h2-10,20-21,23H,11-14H2,1H3,(H,28,33)(H,29,32,36)/t20-,21+,23-,26+/m1/s1. The van der Waals surface area contributed by atoms with E-state index in [9.17, 15) is 34.1 Å². The second-order valence-corrected chi connectivity index (χ2v) is 11.3. The summed E-state index contributed by atoms with van der Waals surface area (Å²) >= 11 is 6.51. The molecule has 2 saturated heterocycles. The molecule has 14 nitrogen and oxygen atoms in total. The molecule has 4 amide bonds. The van der Waals surface area contributed by atoms with Crippen molar-refractivity contribution in [2.24, 2.45) is 0 Å². The zero-order valence-electron chi connectivity index (χ0n) is 22.0. The number of β-lactam (4-membered cyclic amide) rings is 1. The average molecular weight is 621 g/mol. The van der Waals surface area contributed by atoms with Gasteiger partial charge in [-0.25, -0.2) is 9.59 Å². The highest BCUT2D eigenvalue weighted by Crippen LogP contribution is 2.51. The number of nitro benzene ring substituents is 1. The molecule has 2 N–H and O–H groups in total. The molecule has 0 spiro atoms. The lowest BCUT2D eigenvalue weighted by Crippen LogP contribution is -2.71. The summed E-state index contributed by atoms with van der Waals surface area (Å²) in [5, 5.41) is 14.7. The maximum atomic E-state index is 13.3. The van der Waals surface area contributed by atoms with Crippen LogP contribution in [0, 0.1) is 10.1 Å². The van der Waals surface area contributed by atoms with E-state index in [1.807, 2.05) is 5.32 Å². The van der Waals surface area contributed by atoms with Crippen LogP contribution in [0.15, 0.2) is 54.6 Å². The average Bonchev–Trinajstić information content (AvgIpc) is 3.27. The molecule has 4 atom stereocenters. The number of alkyl carbamates (subject to hydrolysis) is 1. The zero-order chi connectivity index (χ0) is 30.4. The first-order chi connectivity index (χ1) is 20.0. The van der Waals surface area contributed by atoms with Crippen molar-refractivity contribution < 1.29 is 43.1 Å². The lowest BCUT2D eigenvalue weighted by Gasteiger charge is -2.43. The van der Waals surface area contributed by atoms with Gasteiger partial charge in [-0.15, -0.1) is 23.4 Å². The van der Waals surface area contributed by atoms with Crippen LogP contribution in [0.1, 0.15) is 12.5 Å².